The molecule has 3 heterocycles. The van der Waals surface area contributed by atoms with Crippen molar-refractivity contribution in [3.8, 4) is 28.5 Å². The van der Waals surface area contributed by atoms with Crippen molar-refractivity contribution in [2.24, 2.45) is 0 Å². The van der Waals surface area contributed by atoms with Crippen molar-refractivity contribution < 1.29 is 4.79 Å². The molecule has 0 fully saturated rings. The predicted octanol–water partition coefficient (Wildman–Crippen LogP) is 6.57. The van der Waals surface area contributed by atoms with Crippen molar-refractivity contribution in [2.75, 3.05) is 0 Å². The van der Waals surface area contributed by atoms with E-state index in [4.69, 9.17) is 0 Å². The molecule has 0 unspecified atom stereocenters. The van der Waals surface area contributed by atoms with Gasteiger partial charge >= 0.3 is 0 Å². The smallest absolute Gasteiger partial charge is 0.270 e. The third-order valence-electron chi connectivity index (χ3n) is 7.18. The van der Waals surface area contributed by atoms with E-state index < -0.39 is 5.41 Å². The van der Waals surface area contributed by atoms with Crippen LogP contribution in [0.1, 0.15) is 35.5 Å². The number of aromatic nitrogens is 4. The highest BCUT2D eigenvalue weighted by Crippen LogP contribution is 2.35. The molecule has 7 nitrogen and oxygen atoms in total. The largest absolute Gasteiger partial charge is 0.347 e. The molecule has 3 aromatic heterocycles. The molecular formula is C33H26N6O. The molecule has 194 valence electrons. The predicted molar refractivity (Wildman–Crippen MR) is 156 cm³/mol. The van der Waals surface area contributed by atoms with Crippen molar-refractivity contribution in [1.29, 1.82) is 5.26 Å². The fourth-order valence-electron chi connectivity index (χ4n) is 4.77. The molecule has 1 amide bonds. The summed E-state index contributed by atoms with van der Waals surface area (Å²) in [7, 11) is 0. The molecule has 2 N–H and O–H groups in total. The number of nitrogens with zero attached hydrogens (tertiary/aromatic N) is 4. The number of benzene rings is 3. The summed E-state index contributed by atoms with van der Waals surface area (Å²) in [5, 5.41) is 22.1. The summed E-state index contributed by atoms with van der Waals surface area (Å²) in [4.78, 5) is 21.7. The molecule has 0 aliphatic heterocycles. The highest BCUT2D eigenvalue weighted by Gasteiger charge is 2.20. The van der Waals surface area contributed by atoms with Gasteiger partial charge in [0, 0.05) is 34.6 Å². The van der Waals surface area contributed by atoms with Crippen molar-refractivity contribution in [3.63, 3.8) is 0 Å². The molecule has 0 aliphatic carbocycles. The summed E-state index contributed by atoms with van der Waals surface area (Å²) in [5.74, 6) is -0.216. The maximum absolute atomic E-state index is 12.6. The Bertz CT molecular complexity index is 1880. The summed E-state index contributed by atoms with van der Waals surface area (Å²) < 4.78 is 0. The lowest BCUT2D eigenvalue weighted by Gasteiger charge is -2.15. The number of aromatic amines is 1. The molecule has 0 atom stereocenters. The first-order chi connectivity index (χ1) is 19.4. The SMILES string of the molecule is CC(C)(C#N)c1ccc(-c2n[nH]c3cnc4ccc(-c5ccc(C(=O)NCc6ccccc6)nc5)cc4c23)cc1. The van der Waals surface area contributed by atoms with E-state index in [1.807, 2.05) is 86.6 Å². The highest BCUT2D eigenvalue weighted by molar-refractivity contribution is 6.11. The lowest BCUT2D eigenvalue weighted by Crippen LogP contribution is -2.23. The molecule has 7 heteroatoms. The van der Waals surface area contributed by atoms with Crippen LogP contribution in [0.15, 0.2) is 97.3 Å². The quantitative estimate of drug-likeness (QED) is 0.257. The number of pyridine rings is 2. The molecule has 6 rings (SSSR count). The van der Waals surface area contributed by atoms with Crippen LogP contribution >= 0.6 is 0 Å². The van der Waals surface area contributed by atoms with Gasteiger partial charge in [0.15, 0.2) is 0 Å². The number of fused-ring (bicyclic) bond motifs is 3. The van der Waals surface area contributed by atoms with Gasteiger partial charge in [0.25, 0.3) is 5.91 Å². The first-order valence-electron chi connectivity index (χ1n) is 13.0. The Labute approximate surface area is 231 Å². The van der Waals surface area contributed by atoms with Gasteiger partial charge in [-0.25, -0.2) is 0 Å². The van der Waals surface area contributed by atoms with Crippen LogP contribution < -0.4 is 5.32 Å². The number of hydrogen-bond donors (Lipinski definition) is 2. The van der Waals surface area contributed by atoms with Crippen LogP contribution in [0.25, 0.3) is 44.2 Å². The molecular weight excluding hydrogens is 496 g/mol. The van der Waals surface area contributed by atoms with Crippen LogP contribution in [0, 0.1) is 11.3 Å². The summed E-state index contributed by atoms with van der Waals surface area (Å²) in [5.41, 5.74) is 7.11. The van der Waals surface area contributed by atoms with Crippen LogP contribution in [0.3, 0.4) is 0 Å². The third kappa shape index (κ3) is 4.67. The first-order valence-corrected chi connectivity index (χ1v) is 13.0. The van der Waals surface area contributed by atoms with E-state index in [1.165, 1.54) is 0 Å². The maximum atomic E-state index is 12.6. The number of nitriles is 1. The lowest BCUT2D eigenvalue weighted by atomic mass is 9.86. The van der Waals surface area contributed by atoms with E-state index >= 15 is 0 Å². The van der Waals surface area contributed by atoms with Gasteiger partial charge in [0.2, 0.25) is 0 Å². The minimum atomic E-state index is -0.566. The summed E-state index contributed by atoms with van der Waals surface area (Å²) >= 11 is 0. The summed E-state index contributed by atoms with van der Waals surface area (Å²) in [6.45, 7) is 4.26. The fourth-order valence-corrected chi connectivity index (χ4v) is 4.77. The van der Waals surface area contributed by atoms with E-state index in [9.17, 15) is 10.1 Å². The van der Waals surface area contributed by atoms with E-state index in [0.29, 0.717) is 12.2 Å². The molecule has 3 aromatic carbocycles. The van der Waals surface area contributed by atoms with Crippen molar-refractivity contribution in [3.05, 3.63) is 114 Å². The topological polar surface area (TPSA) is 107 Å². The Balaban J connectivity index is 1.31. The van der Waals surface area contributed by atoms with Gasteiger partial charge in [-0.2, -0.15) is 10.4 Å². The number of H-pyrrole nitrogens is 1. The number of nitrogens with one attached hydrogen (secondary N) is 2. The van der Waals surface area contributed by atoms with E-state index in [-0.39, 0.29) is 5.91 Å². The minimum absolute atomic E-state index is 0.216. The van der Waals surface area contributed by atoms with Crippen molar-refractivity contribution in [1.82, 2.24) is 25.5 Å². The van der Waals surface area contributed by atoms with Gasteiger partial charge in [0.1, 0.15) is 11.4 Å². The number of hydrogen-bond acceptors (Lipinski definition) is 5. The maximum Gasteiger partial charge on any atom is 0.270 e. The second-order valence-electron chi connectivity index (χ2n) is 10.3. The summed E-state index contributed by atoms with van der Waals surface area (Å²) in [6, 6.07) is 29.8. The number of carbonyl (C=O) groups is 1. The molecule has 0 bridgehead atoms. The lowest BCUT2D eigenvalue weighted by molar-refractivity contribution is 0.0946. The second kappa shape index (κ2) is 10.1. The standard InChI is InChI=1S/C33H26N6O/c1-33(2,20-34)25-12-8-22(9-13-25)31-30-26-16-23(10-14-27(26)36-19-29(30)38-39-31)24-11-15-28(35-18-24)32(40)37-17-21-6-4-3-5-7-21/h3-16,18-19H,17H2,1-2H3,(H,37,40)(H,38,39). The molecule has 0 spiro atoms. The second-order valence-corrected chi connectivity index (χ2v) is 10.3. The normalized spacial score (nSPS) is 11.4. The number of carbonyl (C=O) groups excluding carboxylic acids is 1. The van der Waals surface area contributed by atoms with Crippen LogP contribution in [0.4, 0.5) is 0 Å². The molecule has 0 radical (unpaired) electrons. The highest BCUT2D eigenvalue weighted by atomic mass is 16.1. The zero-order valence-corrected chi connectivity index (χ0v) is 22.1. The van der Waals surface area contributed by atoms with Gasteiger partial charge in [-0.05, 0) is 48.7 Å². The monoisotopic (exact) mass is 522 g/mol. The zero-order chi connectivity index (χ0) is 27.7. The Kier molecular flexibility index (Phi) is 6.29. The van der Waals surface area contributed by atoms with Gasteiger partial charge in [0.05, 0.1) is 28.7 Å². The Hall–Kier alpha value is -5.35. The van der Waals surface area contributed by atoms with Crippen LogP contribution in [-0.4, -0.2) is 26.1 Å². The van der Waals surface area contributed by atoms with Gasteiger partial charge in [-0.3, -0.25) is 19.9 Å². The third-order valence-corrected chi connectivity index (χ3v) is 7.18. The Morgan fingerprint density at radius 3 is 2.38 bits per heavy atom. The van der Waals surface area contributed by atoms with Crippen molar-refractivity contribution >= 4 is 27.7 Å². The summed E-state index contributed by atoms with van der Waals surface area (Å²) in [6.07, 6.45) is 3.52. The first kappa shape index (κ1) is 25.0. The number of rotatable bonds is 6. The van der Waals surface area contributed by atoms with Crippen LogP contribution in [0.2, 0.25) is 0 Å². The molecule has 0 saturated heterocycles. The molecule has 40 heavy (non-hydrogen) atoms. The van der Waals surface area contributed by atoms with E-state index in [1.54, 1.807) is 18.5 Å². The Morgan fingerprint density at radius 2 is 1.65 bits per heavy atom. The molecule has 6 aromatic rings. The number of amides is 1. The van der Waals surface area contributed by atoms with Gasteiger partial charge < -0.3 is 5.32 Å². The van der Waals surface area contributed by atoms with Gasteiger partial charge in [-0.1, -0.05) is 66.7 Å². The Morgan fingerprint density at radius 1 is 0.900 bits per heavy atom. The van der Waals surface area contributed by atoms with E-state index in [0.717, 1.165) is 55.3 Å². The average molecular weight is 523 g/mol. The van der Waals surface area contributed by atoms with E-state index in [2.05, 4.69) is 37.6 Å². The average Bonchev–Trinajstić information content (AvgIpc) is 3.45. The molecule has 0 saturated carbocycles. The van der Waals surface area contributed by atoms with Crippen molar-refractivity contribution in [2.45, 2.75) is 25.8 Å². The fraction of sp³-hybridized carbons (Fsp3) is 0.121. The zero-order valence-electron chi connectivity index (χ0n) is 22.1. The molecule has 0 aliphatic rings. The van der Waals surface area contributed by atoms with Crippen LogP contribution in [0.5, 0.6) is 0 Å². The van der Waals surface area contributed by atoms with Gasteiger partial charge in [-0.15, -0.1) is 0 Å². The van der Waals surface area contributed by atoms with Crippen LogP contribution in [-0.2, 0) is 12.0 Å². The minimum Gasteiger partial charge on any atom is -0.347 e.